The van der Waals surface area contributed by atoms with Crippen LogP contribution in [0.3, 0.4) is 0 Å². The van der Waals surface area contributed by atoms with Crippen LogP contribution in [-0.4, -0.2) is 17.4 Å². The van der Waals surface area contributed by atoms with Crippen LogP contribution in [0.1, 0.15) is 37.7 Å². The molecule has 0 radical (unpaired) electrons. The molecular formula is C19H18BrF3N2O2S. The molecule has 0 fully saturated rings. The number of halogens is 4. The summed E-state index contributed by atoms with van der Waals surface area (Å²) < 4.78 is 70.8. The molecule has 0 N–H and O–H groups in total. The normalized spacial score (nSPS) is 12.7. The third-order valence-corrected chi connectivity index (χ3v) is 6.76. The van der Waals surface area contributed by atoms with E-state index in [0.29, 0.717) is 3.97 Å². The highest BCUT2D eigenvalue weighted by Crippen LogP contribution is 2.33. The Morgan fingerprint density at radius 2 is 1.75 bits per heavy atom. The minimum atomic E-state index is -4.42. The molecule has 0 bridgehead atoms. The summed E-state index contributed by atoms with van der Waals surface area (Å²) in [4.78, 5) is 3.58. The fourth-order valence-corrected chi connectivity index (χ4v) is 5.18. The second-order valence-corrected chi connectivity index (χ2v) is 9.81. The first-order valence-electron chi connectivity index (χ1n) is 8.37. The monoisotopic (exact) mass is 474 g/mol. The number of hydrogen-bond acceptors (Lipinski definition) is 3. The number of alkyl halides is 1. The Labute approximate surface area is 169 Å². The molecule has 0 spiro atoms. The molecule has 2 heterocycles. The van der Waals surface area contributed by atoms with Gasteiger partial charge in [0.05, 0.1) is 16.3 Å². The lowest BCUT2D eigenvalue weighted by Gasteiger charge is -2.20. The van der Waals surface area contributed by atoms with Crippen molar-refractivity contribution in [2.45, 2.75) is 43.3 Å². The topological polar surface area (TPSA) is 52.0 Å². The minimum absolute atomic E-state index is 0.153. The number of hydrogen-bond donors (Lipinski definition) is 0. The molecule has 3 aromatic rings. The average molecular weight is 475 g/mol. The van der Waals surface area contributed by atoms with E-state index in [1.807, 2.05) is 20.8 Å². The first kappa shape index (κ1) is 20.9. The Kier molecular flexibility index (Phi) is 5.12. The summed E-state index contributed by atoms with van der Waals surface area (Å²) in [6, 6.07) is 6.11. The molecule has 3 rings (SSSR count). The van der Waals surface area contributed by atoms with Crippen molar-refractivity contribution in [3.63, 3.8) is 0 Å². The molecule has 150 valence electrons. The Balaban J connectivity index is 2.42. The third kappa shape index (κ3) is 3.14. The van der Waals surface area contributed by atoms with Gasteiger partial charge in [-0.05, 0) is 30.0 Å². The van der Waals surface area contributed by atoms with Crippen LogP contribution in [0, 0.1) is 24.4 Å². The Morgan fingerprint density at radius 3 is 2.32 bits per heavy atom. The van der Waals surface area contributed by atoms with Gasteiger partial charge < -0.3 is 0 Å². The van der Waals surface area contributed by atoms with Crippen molar-refractivity contribution in [1.29, 1.82) is 0 Å². The van der Waals surface area contributed by atoms with Crippen molar-refractivity contribution in [2.24, 2.45) is 0 Å². The van der Waals surface area contributed by atoms with Crippen LogP contribution >= 0.6 is 15.9 Å². The van der Waals surface area contributed by atoms with Gasteiger partial charge in [0.25, 0.3) is 10.0 Å². The quantitative estimate of drug-likeness (QED) is 0.490. The van der Waals surface area contributed by atoms with E-state index in [1.165, 1.54) is 19.1 Å². The third-order valence-electron chi connectivity index (χ3n) is 4.50. The van der Waals surface area contributed by atoms with E-state index in [4.69, 9.17) is 0 Å². The molecule has 0 unspecified atom stereocenters. The number of aryl methyl sites for hydroxylation is 1. The molecule has 4 nitrogen and oxygen atoms in total. The number of rotatable bonds is 3. The molecule has 0 aliphatic heterocycles. The maximum absolute atomic E-state index is 14.8. The zero-order valence-electron chi connectivity index (χ0n) is 15.6. The Bertz CT molecular complexity index is 1200. The summed E-state index contributed by atoms with van der Waals surface area (Å²) in [6.07, 6.45) is 0. The maximum atomic E-state index is 14.8. The predicted molar refractivity (Wildman–Crippen MR) is 105 cm³/mol. The van der Waals surface area contributed by atoms with Crippen molar-refractivity contribution in [2.75, 3.05) is 0 Å². The molecule has 0 atom stereocenters. The zero-order chi connectivity index (χ0) is 21.0. The highest BCUT2D eigenvalue weighted by Gasteiger charge is 2.32. The number of fused-ring (bicyclic) bond motifs is 1. The summed E-state index contributed by atoms with van der Waals surface area (Å²) in [6.45, 7) is 6.92. The fraction of sp³-hybridized carbons (Fsp3) is 0.316. The summed E-state index contributed by atoms with van der Waals surface area (Å²) in [5, 5.41) is -0.229. The fourth-order valence-electron chi connectivity index (χ4n) is 2.94. The highest BCUT2D eigenvalue weighted by atomic mass is 79.9. The number of pyridine rings is 1. The largest absolute Gasteiger partial charge is 0.268 e. The average Bonchev–Trinajstić information content (AvgIpc) is 2.92. The van der Waals surface area contributed by atoms with Crippen LogP contribution in [0.2, 0.25) is 0 Å². The maximum Gasteiger partial charge on any atom is 0.268 e. The minimum Gasteiger partial charge on any atom is -0.245 e. The second-order valence-electron chi connectivity index (χ2n) is 7.46. The van der Waals surface area contributed by atoms with Crippen LogP contribution in [0.4, 0.5) is 13.2 Å². The van der Waals surface area contributed by atoms with E-state index >= 15 is 0 Å². The van der Waals surface area contributed by atoms with Crippen LogP contribution in [0.15, 0.2) is 29.2 Å². The molecule has 28 heavy (non-hydrogen) atoms. The van der Waals surface area contributed by atoms with Crippen molar-refractivity contribution >= 4 is 37.0 Å². The second kappa shape index (κ2) is 6.88. The van der Waals surface area contributed by atoms with Gasteiger partial charge in [0.15, 0.2) is 17.5 Å². The molecule has 1 aromatic carbocycles. The lowest BCUT2D eigenvalue weighted by atomic mass is 9.87. The van der Waals surface area contributed by atoms with Crippen molar-refractivity contribution in [1.82, 2.24) is 8.96 Å². The first-order chi connectivity index (χ1) is 12.9. The van der Waals surface area contributed by atoms with Gasteiger partial charge in [-0.25, -0.2) is 30.5 Å². The van der Waals surface area contributed by atoms with Crippen molar-refractivity contribution < 1.29 is 21.6 Å². The summed E-state index contributed by atoms with van der Waals surface area (Å²) in [5.41, 5.74) is -1.59. The highest BCUT2D eigenvalue weighted by molar-refractivity contribution is 9.08. The molecule has 0 saturated carbocycles. The molecule has 0 aliphatic carbocycles. The molecular weight excluding hydrogens is 457 g/mol. The van der Waals surface area contributed by atoms with Gasteiger partial charge in [0.1, 0.15) is 11.0 Å². The lowest BCUT2D eigenvalue weighted by Crippen LogP contribution is -2.18. The van der Waals surface area contributed by atoms with Gasteiger partial charge in [-0.1, -0.05) is 48.8 Å². The first-order valence-corrected chi connectivity index (χ1v) is 10.9. The zero-order valence-corrected chi connectivity index (χ0v) is 18.1. The van der Waals surface area contributed by atoms with Gasteiger partial charge in [-0.3, -0.25) is 0 Å². The van der Waals surface area contributed by atoms with Gasteiger partial charge >= 0.3 is 0 Å². The molecule has 0 amide bonds. The van der Waals surface area contributed by atoms with E-state index in [9.17, 15) is 21.6 Å². The van der Waals surface area contributed by atoms with E-state index in [1.54, 1.807) is 12.1 Å². The summed E-state index contributed by atoms with van der Waals surface area (Å²) in [5.74, 6) is -3.78. The molecule has 0 saturated heterocycles. The van der Waals surface area contributed by atoms with Gasteiger partial charge in [0, 0.05) is 5.33 Å². The standard InChI is InChI=1S/C19H18BrF3N2O2S/c1-10-14(21)16(23)18-17(24-10)15(22)13(9-20)25(18)28(26,27)12-7-5-6-11(8-12)19(2,3)4/h5-8H,9H2,1-4H3. The Hall–Kier alpha value is -1.87. The number of nitrogens with zero attached hydrogens (tertiary/aromatic N) is 2. The van der Waals surface area contributed by atoms with Crippen LogP contribution in [0.5, 0.6) is 0 Å². The SMILES string of the molecule is Cc1nc2c(F)c(CBr)n(S(=O)(=O)c3cccc(C(C)(C)C)c3)c2c(F)c1F. The number of benzene rings is 1. The summed E-state index contributed by atoms with van der Waals surface area (Å²) in [7, 11) is -4.42. The van der Waals surface area contributed by atoms with Crippen LogP contribution in [0.25, 0.3) is 11.0 Å². The van der Waals surface area contributed by atoms with Gasteiger partial charge in [0.2, 0.25) is 0 Å². The van der Waals surface area contributed by atoms with Crippen LogP contribution < -0.4 is 0 Å². The molecule has 2 aromatic heterocycles. The van der Waals surface area contributed by atoms with E-state index < -0.39 is 38.5 Å². The predicted octanol–water partition coefficient (Wildman–Crippen LogP) is 5.19. The van der Waals surface area contributed by atoms with E-state index in [2.05, 4.69) is 20.9 Å². The van der Waals surface area contributed by atoms with Crippen molar-refractivity contribution in [3.8, 4) is 0 Å². The number of aromatic nitrogens is 2. The van der Waals surface area contributed by atoms with Crippen LogP contribution in [-0.2, 0) is 20.8 Å². The van der Waals surface area contributed by atoms with Crippen molar-refractivity contribution in [3.05, 3.63) is 58.7 Å². The van der Waals surface area contributed by atoms with E-state index in [0.717, 1.165) is 5.56 Å². The van der Waals surface area contributed by atoms with Gasteiger partial charge in [-0.15, -0.1) is 0 Å². The smallest absolute Gasteiger partial charge is 0.245 e. The van der Waals surface area contributed by atoms with Gasteiger partial charge in [-0.2, -0.15) is 0 Å². The molecule has 0 aliphatic rings. The summed E-state index contributed by atoms with van der Waals surface area (Å²) >= 11 is 3.04. The van der Waals surface area contributed by atoms with E-state index in [-0.39, 0.29) is 27.0 Å². The lowest BCUT2D eigenvalue weighted by molar-refractivity contribution is 0.503. The Morgan fingerprint density at radius 1 is 1.11 bits per heavy atom. The molecule has 9 heteroatoms.